The molecule has 16 heavy (non-hydrogen) atoms. The molecular formula is C9H10BrNO4S. The third kappa shape index (κ3) is 3.92. The first-order valence-electron chi connectivity index (χ1n) is 4.44. The first-order chi connectivity index (χ1) is 7.50. The third-order valence-corrected chi connectivity index (χ3v) is 3.32. The summed E-state index contributed by atoms with van der Waals surface area (Å²) < 4.78 is 0.850. The maximum absolute atomic E-state index is 11.5. The largest absolute Gasteiger partial charge is 0.479 e. The van der Waals surface area contributed by atoms with Crippen molar-refractivity contribution in [2.75, 3.05) is 6.54 Å². The number of nitrogens with one attached hydrogen (secondary N) is 1. The Kier molecular flexibility index (Phi) is 4.91. The minimum atomic E-state index is -1.44. The smallest absolute Gasteiger partial charge is 0.332 e. The van der Waals surface area contributed by atoms with Gasteiger partial charge in [0.1, 0.15) is 0 Å². The van der Waals surface area contributed by atoms with Gasteiger partial charge >= 0.3 is 5.97 Å². The van der Waals surface area contributed by atoms with Crippen LogP contribution in [0.2, 0.25) is 0 Å². The second-order valence-corrected chi connectivity index (χ2v) is 5.33. The Morgan fingerprint density at radius 3 is 2.75 bits per heavy atom. The van der Waals surface area contributed by atoms with Crippen LogP contribution < -0.4 is 5.32 Å². The molecule has 1 heterocycles. The van der Waals surface area contributed by atoms with E-state index in [2.05, 4.69) is 21.2 Å². The summed E-state index contributed by atoms with van der Waals surface area (Å²) in [7, 11) is 0. The van der Waals surface area contributed by atoms with Crippen molar-refractivity contribution in [1.29, 1.82) is 0 Å². The Morgan fingerprint density at radius 1 is 1.56 bits per heavy atom. The number of rotatable bonds is 5. The van der Waals surface area contributed by atoms with E-state index >= 15 is 0 Å². The fourth-order valence-electron chi connectivity index (χ4n) is 0.977. The van der Waals surface area contributed by atoms with Gasteiger partial charge in [0, 0.05) is 18.3 Å². The van der Waals surface area contributed by atoms with E-state index < -0.39 is 12.1 Å². The van der Waals surface area contributed by atoms with E-state index in [1.807, 2.05) is 0 Å². The van der Waals surface area contributed by atoms with Gasteiger partial charge in [-0.3, -0.25) is 4.79 Å². The monoisotopic (exact) mass is 307 g/mol. The van der Waals surface area contributed by atoms with E-state index in [1.165, 1.54) is 11.3 Å². The highest BCUT2D eigenvalue weighted by molar-refractivity contribution is 9.11. The van der Waals surface area contributed by atoms with Gasteiger partial charge in [0.05, 0.1) is 9.35 Å². The molecule has 1 rings (SSSR count). The number of hydrogen-bond acceptors (Lipinski definition) is 4. The summed E-state index contributed by atoms with van der Waals surface area (Å²) in [5.74, 6) is -1.56. The third-order valence-electron chi connectivity index (χ3n) is 1.82. The second-order valence-electron chi connectivity index (χ2n) is 3.04. The predicted molar refractivity (Wildman–Crippen MR) is 62.6 cm³/mol. The van der Waals surface area contributed by atoms with Crippen molar-refractivity contribution in [2.45, 2.75) is 12.5 Å². The maximum Gasteiger partial charge on any atom is 0.332 e. The highest BCUT2D eigenvalue weighted by Crippen LogP contribution is 2.20. The fraction of sp³-hybridized carbons (Fsp3) is 0.333. The summed E-state index contributed by atoms with van der Waals surface area (Å²) in [5.41, 5.74) is 0.515. The summed E-state index contributed by atoms with van der Waals surface area (Å²) in [4.78, 5) is 21.7. The second kappa shape index (κ2) is 5.97. The minimum Gasteiger partial charge on any atom is -0.479 e. The molecule has 0 aliphatic heterocycles. The van der Waals surface area contributed by atoms with Crippen molar-refractivity contribution in [3.63, 3.8) is 0 Å². The lowest BCUT2D eigenvalue weighted by Crippen LogP contribution is -2.29. The van der Waals surface area contributed by atoms with Crippen LogP contribution in [0.4, 0.5) is 0 Å². The first-order valence-corrected chi connectivity index (χ1v) is 6.11. The number of thiophene rings is 1. The zero-order chi connectivity index (χ0) is 12.1. The highest BCUT2D eigenvalue weighted by atomic mass is 79.9. The summed E-state index contributed by atoms with van der Waals surface area (Å²) in [6.45, 7) is 0.125. The Labute approximate surface area is 104 Å². The lowest BCUT2D eigenvalue weighted by atomic mass is 10.2. The summed E-state index contributed by atoms with van der Waals surface area (Å²) >= 11 is 4.62. The lowest BCUT2D eigenvalue weighted by molar-refractivity contribution is -0.146. The molecule has 0 saturated carbocycles. The van der Waals surface area contributed by atoms with E-state index in [0.717, 1.165) is 3.79 Å². The van der Waals surface area contributed by atoms with Crippen LogP contribution in [0.25, 0.3) is 0 Å². The average molecular weight is 308 g/mol. The van der Waals surface area contributed by atoms with Crippen molar-refractivity contribution in [3.8, 4) is 0 Å². The summed E-state index contributed by atoms with van der Waals surface area (Å²) in [6.07, 6.45) is -1.44. The van der Waals surface area contributed by atoms with Crippen LogP contribution in [0.1, 0.15) is 16.8 Å². The van der Waals surface area contributed by atoms with Crippen LogP contribution in [0, 0.1) is 0 Å². The number of aliphatic carboxylic acids is 1. The molecular weight excluding hydrogens is 298 g/mol. The van der Waals surface area contributed by atoms with Crippen molar-refractivity contribution in [3.05, 3.63) is 20.8 Å². The molecule has 7 heteroatoms. The molecule has 1 unspecified atom stereocenters. The van der Waals surface area contributed by atoms with Gasteiger partial charge in [0.25, 0.3) is 5.91 Å². The fourth-order valence-corrected chi connectivity index (χ4v) is 2.11. The van der Waals surface area contributed by atoms with Crippen molar-refractivity contribution in [2.24, 2.45) is 0 Å². The minimum absolute atomic E-state index is 0.00756. The van der Waals surface area contributed by atoms with Crippen LogP contribution in [0.15, 0.2) is 15.2 Å². The normalized spacial score (nSPS) is 12.1. The molecule has 0 bridgehead atoms. The topological polar surface area (TPSA) is 86.6 Å². The molecule has 88 valence electrons. The Bertz CT molecular complexity index is 393. The number of carboxylic acid groups (broad SMARTS) is 1. The first kappa shape index (κ1) is 13.1. The molecule has 1 aromatic rings. The average Bonchev–Trinajstić information content (AvgIpc) is 2.64. The Balaban J connectivity index is 2.34. The SMILES string of the molecule is O=C(NCCC(O)C(=O)O)c1csc(Br)c1. The van der Waals surface area contributed by atoms with Crippen LogP contribution >= 0.6 is 27.3 Å². The quantitative estimate of drug-likeness (QED) is 0.759. The van der Waals surface area contributed by atoms with Gasteiger partial charge in [-0.15, -0.1) is 11.3 Å². The molecule has 3 N–H and O–H groups in total. The van der Waals surface area contributed by atoms with Crippen LogP contribution in [0.3, 0.4) is 0 Å². The molecule has 1 atom stereocenters. The highest BCUT2D eigenvalue weighted by Gasteiger charge is 2.13. The summed E-state index contributed by atoms with van der Waals surface area (Å²) in [5, 5.41) is 21.6. The van der Waals surface area contributed by atoms with Crippen molar-refractivity contribution >= 4 is 39.1 Å². The van der Waals surface area contributed by atoms with Crippen LogP contribution in [0.5, 0.6) is 0 Å². The van der Waals surface area contributed by atoms with E-state index in [-0.39, 0.29) is 18.9 Å². The number of aliphatic hydroxyl groups excluding tert-OH is 1. The van der Waals surface area contributed by atoms with E-state index in [4.69, 9.17) is 10.2 Å². The van der Waals surface area contributed by atoms with E-state index in [9.17, 15) is 9.59 Å². The zero-order valence-electron chi connectivity index (χ0n) is 8.14. The molecule has 5 nitrogen and oxygen atoms in total. The van der Waals surface area contributed by atoms with Gasteiger partial charge < -0.3 is 15.5 Å². The Morgan fingerprint density at radius 2 is 2.25 bits per heavy atom. The van der Waals surface area contributed by atoms with E-state index in [1.54, 1.807) is 11.4 Å². The summed E-state index contributed by atoms with van der Waals surface area (Å²) in [6, 6.07) is 1.67. The number of carboxylic acids is 1. The van der Waals surface area contributed by atoms with Crippen molar-refractivity contribution in [1.82, 2.24) is 5.32 Å². The predicted octanol–water partition coefficient (Wildman–Crippen LogP) is 1.08. The number of aliphatic hydroxyl groups is 1. The van der Waals surface area contributed by atoms with Gasteiger partial charge in [0.15, 0.2) is 6.10 Å². The number of carbonyl (C=O) groups is 2. The molecule has 1 amide bonds. The van der Waals surface area contributed by atoms with Gasteiger partial charge in [-0.1, -0.05) is 0 Å². The zero-order valence-corrected chi connectivity index (χ0v) is 10.5. The molecule has 0 spiro atoms. The molecule has 0 saturated heterocycles. The number of carbonyl (C=O) groups excluding carboxylic acids is 1. The van der Waals surface area contributed by atoms with Gasteiger partial charge in [-0.05, 0) is 22.0 Å². The molecule has 0 radical (unpaired) electrons. The number of amides is 1. The molecule has 0 aliphatic rings. The number of halogens is 1. The van der Waals surface area contributed by atoms with Crippen LogP contribution in [-0.2, 0) is 4.79 Å². The molecule has 0 aliphatic carbocycles. The van der Waals surface area contributed by atoms with Crippen molar-refractivity contribution < 1.29 is 19.8 Å². The van der Waals surface area contributed by atoms with E-state index in [0.29, 0.717) is 5.56 Å². The van der Waals surface area contributed by atoms with Gasteiger partial charge in [-0.25, -0.2) is 4.79 Å². The molecule has 0 fully saturated rings. The van der Waals surface area contributed by atoms with Gasteiger partial charge in [0.2, 0.25) is 0 Å². The maximum atomic E-state index is 11.5. The molecule has 1 aromatic heterocycles. The molecule has 0 aromatic carbocycles. The van der Waals surface area contributed by atoms with Gasteiger partial charge in [-0.2, -0.15) is 0 Å². The number of hydrogen-bond donors (Lipinski definition) is 3. The van der Waals surface area contributed by atoms with Crippen LogP contribution in [-0.4, -0.2) is 34.7 Å². The lowest BCUT2D eigenvalue weighted by Gasteiger charge is -2.06. The Hall–Kier alpha value is -0.920. The standard InChI is InChI=1S/C9H10BrNO4S/c10-7-3-5(4-16-7)8(13)11-2-1-6(12)9(14)15/h3-4,6,12H,1-2H2,(H,11,13)(H,14,15).